The molecule has 1 unspecified atom stereocenters. The smallest absolute Gasteiger partial charge is 0.244 e. The SMILES string of the molecule is CCCCC1N=C(C(C)(C)C)c2ccc(NO[Si](C)C)c(Cl)c21. The lowest BCUT2D eigenvalue weighted by Crippen LogP contribution is -2.20. The van der Waals surface area contributed by atoms with Crippen LogP contribution >= 0.6 is 11.6 Å². The van der Waals surface area contributed by atoms with E-state index in [1.807, 2.05) is 6.07 Å². The van der Waals surface area contributed by atoms with Gasteiger partial charge in [-0.2, -0.15) is 0 Å². The van der Waals surface area contributed by atoms with Crippen LogP contribution in [0.3, 0.4) is 0 Å². The second-order valence-electron chi connectivity index (χ2n) is 7.39. The fraction of sp³-hybridized carbons (Fsp3) is 0.611. The summed E-state index contributed by atoms with van der Waals surface area (Å²) in [6, 6.07) is 4.32. The van der Waals surface area contributed by atoms with Gasteiger partial charge < -0.3 is 4.53 Å². The van der Waals surface area contributed by atoms with Crippen molar-refractivity contribution in [3.63, 3.8) is 0 Å². The Morgan fingerprint density at radius 2 is 2.00 bits per heavy atom. The van der Waals surface area contributed by atoms with E-state index in [2.05, 4.69) is 52.3 Å². The van der Waals surface area contributed by atoms with Gasteiger partial charge in [0, 0.05) is 22.3 Å². The van der Waals surface area contributed by atoms with E-state index in [1.165, 1.54) is 23.3 Å². The van der Waals surface area contributed by atoms with E-state index in [4.69, 9.17) is 21.1 Å². The summed E-state index contributed by atoms with van der Waals surface area (Å²) in [5.74, 6) is 0. The van der Waals surface area contributed by atoms with Gasteiger partial charge in [0.2, 0.25) is 9.04 Å². The first-order valence-electron chi connectivity index (χ1n) is 8.39. The Balaban J connectivity index is 2.41. The molecule has 1 radical (unpaired) electrons. The third-order valence-electron chi connectivity index (χ3n) is 3.96. The molecule has 1 aliphatic rings. The van der Waals surface area contributed by atoms with E-state index in [-0.39, 0.29) is 11.5 Å². The van der Waals surface area contributed by atoms with E-state index in [0.717, 1.165) is 23.6 Å². The maximum absolute atomic E-state index is 6.72. The van der Waals surface area contributed by atoms with Crippen molar-refractivity contribution >= 4 is 32.0 Å². The van der Waals surface area contributed by atoms with Crippen LogP contribution in [-0.4, -0.2) is 14.8 Å². The number of nitrogens with zero attached hydrogens (tertiary/aromatic N) is 1. The zero-order chi connectivity index (χ0) is 17.2. The average molecular weight is 352 g/mol. The Morgan fingerprint density at radius 3 is 2.57 bits per heavy atom. The number of aliphatic imine (C=N–C) groups is 1. The third kappa shape index (κ3) is 4.17. The van der Waals surface area contributed by atoms with E-state index in [1.54, 1.807) is 0 Å². The summed E-state index contributed by atoms with van der Waals surface area (Å²) in [7, 11) is -0.822. The molecule has 0 amide bonds. The summed E-state index contributed by atoms with van der Waals surface area (Å²) in [4.78, 5) is 5.03. The van der Waals surface area contributed by atoms with Crippen molar-refractivity contribution in [3.05, 3.63) is 28.3 Å². The van der Waals surface area contributed by atoms with Crippen LogP contribution in [0.15, 0.2) is 17.1 Å². The van der Waals surface area contributed by atoms with Gasteiger partial charge in [-0.05, 0) is 25.6 Å². The van der Waals surface area contributed by atoms with Crippen LogP contribution in [0.2, 0.25) is 18.1 Å². The van der Waals surface area contributed by atoms with Crippen molar-refractivity contribution in [2.24, 2.45) is 10.4 Å². The topological polar surface area (TPSA) is 33.6 Å². The summed E-state index contributed by atoms with van der Waals surface area (Å²) in [6.07, 6.45) is 3.37. The highest BCUT2D eigenvalue weighted by Gasteiger charge is 2.33. The maximum Gasteiger partial charge on any atom is 0.244 e. The van der Waals surface area contributed by atoms with Crippen LogP contribution in [0, 0.1) is 5.41 Å². The van der Waals surface area contributed by atoms with Crippen LogP contribution in [0.1, 0.15) is 64.1 Å². The molecule has 1 atom stereocenters. The van der Waals surface area contributed by atoms with Crippen LogP contribution in [0.5, 0.6) is 0 Å². The minimum atomic E-state index is -0.822. The molecule has 0 aliphatic carbocycles. The fourth-order valence-corrected chi connectivity index (χ4v) is 3.50. The highest BCUT2D eigenvalue weighted by molar-refractivity contribution is 6.48. The van der Waals surface area contributed by atoms with Crippen molar-refractivity contribution in [1.29, 1.82) is 0 Å². The molecular weight excluding hydrogens is 324 g/mol. The van der Waals surface area contributed by atoms with E-state index >= 15 is 0 Å². The molecule has 1 heterocycles. The van der Waals surface area contributed by atoms with Gasteiger partial charge in [0.1, 0.15) is 0 Å². The molecule has 1 aromatic carbocycles. The molecule has 2 rings (SSSR count). The number of anilines is 1. The van der Waals surface area contributed by atoms with Gasteiger partial charge in [0.25, 0.3) is 0 Å². The normalized spacial score (nSPS) is 17.4. The van der Waals surface area contributed by atoms with Crippen molar-refractivity contribution in [1.82, 2.24) is 0 Å². The Kier molecular flexibility index (Phi) is 5.92. The summed E-state index contributed by atoms with van der Waals surface area (Å²) in [5, 5.41) is 0.759. The van der Waals surface area contributed by atoms with E-state index < -0.39 is 9.04 Å². The number of unbranched alkanes of at least 4 members (excludes halogenated alkanes) is 1. The lowest BCUT2D eigenvalue weighted by atomic mass is 9.84. The molecular formula is C18H28ClN2OSi. The van der Waals surface area contributed by atoms with Gasteiger partial charge in [-0.1, -0.05) is 58.2 Å². The minimum Gasteiger partial charge on any atom is -0.323 e. The summed E-state index contributed by atoms with van der Waals surface area (Å²) in [5.41, 5.74) is 7.44. The number of fused-ring (bicyclic) bond motifs is 1. The Labute approximate surface area is 147 Å². The van der Waals surface area contributed by atoms with E-state index in [0.29, 0.717) is 0 Å². The predicted octanol–water partition coefficient (Wildman–Crippen LogP) is 6.01. The molecule has 1 aromatic rings. The van der Waals surface area contributed by atoms with Crippen LogP contribution in [0.25, 0.3) is 0 Å². The third-order valence-corrected chi connectivity index (χ3v) is 4.88. The largest absolute Gasteiger partial charge is 0.323 e. The molecule has 0 aromatic heterocycles. The zero-order valence-corrected chi connectivity index (χ0v) is 16.8. The number of halogens is 1. The Hall–Kier alpha value is -0.843. The van der Waals surface area contributed by atoms with Crippen LogP contribution in [0.4, 0.5) is 5.69 Å². The van der Waals surface area contributed by atoms with Gasteiger partial charge in [0.05, 0.1) is 16.8 Å². The molecule has 127 valence electrons. The number of hydrogen-bond acceptors (Lipinski definition) is 3. The van der Waals surface area contributed by atoms with Crippen LogP contribution < -0.4 is 5.48 Å². The molecule has 1 N–H and O–H groups in total. The Bertz CT molecular complexity index is 593. The van der Waals surface area contributed by atoms with Gasteiger partial charge in [0.15, 0.2) is 0 Å². The molecule has 0 saturated heterocycles. The highest BCUT2D eigenvalue weighted by atomic mass is 35.5. The number of hydrogen-bond donors (Lipinski definition) is 1. The quantitative estimate of drug-likeness (QED) is 0.502. The van der Waals surface area contributed by atoms with Gasteiger partial charge in [-0.15, -0.1) is 0 Å². The van der Waals surface area contributed by atoms with Crippen molar-refractivity contribution in [2.75, 3.05) is 5.48 Å². The highest BCUT2D eigenvalue weighted by Crippen LogP contribution is 2.44. The van der Waals surface area contributed by atoms with Gasteiger partial charge in [-0.3, -0.25) is 10.5 Å². The van der Waals surface area contributed by atoms with Crippen LogP contribution in [-0.2, 0) is 4.53 Å². The summed E-state index contributed by atoms with van der Waals surface area (Å²) >= 11 is 6.72. The lowest BCUT2D eigenvalue weighted by molar-refractivity contribution is 0.419. The summed E-state index contributed by atoms with van der Waals surface area (Å²) < 4.78 is 5.61. The molecule has 0 spiro atoms. The first kappa shape index (κ1) is 18.5. The van der Waals surface area contributed by atoms with Crippen molar-refractivity contribution in [2.45, 2.75) is 66.1 Å². The van der Waals surface area contributed by atoms with E-state index in [9.17, 15) is 0 Å². The molecule has 23 heavy (non-hydrogen) atoms. The zero-order valence-electron chi connectivity index (χ0n) is 15.1. The second-order valence-corrected chi connectivity index (χ2v) is 9.79. The Morgan fingerprint density at radius 1 is 1.30 bits per heavy atom. The van der Waals surface area contributed by atoms with Gasteiger partial charge >= 0.3 is 0 Å². The average Bonchev–Trinajstić information content (AvgIpc) is 2.83. The second kappa shape index (κ2) is 7.37. The molecule has 5 heteroatoms. The molecule has 0 bridgehead atoms. The first-order chi connectivity index (χ1) is 10.8. The first-order valence-corrected chi connectivity index (χ1v) is 11.2. The number of benzene rings is 1. The number of nitrogens with one attached hydrogen (secondary N) is 1. The maximum atomic E-state index is 6.72. The molecule has 1 aliphatic heterocycles. The summed E-state index contributed by atoms with van der Waals surface area (Å²) in [6.45, 7) is 13.0. The standard InChI is InChI=1S/C18H28ClN2OSi/c1-7-8-9-13-15-12(17(20-13)18(2,3)4)10-11-14(16(15)19)21-22-23(5)6/h10-11,13,21H,7-9H2,1-6H3. The number of rotatable bonds is 6. The molecule has 3 nitrogen and oxygen atoms in total. The van der Waals surface area contributed by atoms with Gasteiger partial charge in [-0.25, -0.2) is 0 Å². The van der Waals surface area contributed by atoms with Crippen molar-refractivity contribution < 1.29 is 4.53 Å². The minimum absolute atomic E-state index is 0.0213. The molecule has 0 fully saturated rings. The lowest BCUT2D eigenvalue weighted by Gasteiger charge is -2.20. The fourth-order valence-electron chi connectivity index (χ4n) is 2.86. The monoisotopic (exact) mass is 351 g/mol. The molecule has 0 saturated carbocycles. The van der Waals surface area contributed by atoms with Crippen molar-refractivity contribution in [3.8, 4) is 0 Å². The predicted molar refractivity (Wildman–Crippen MR) is 102 cm³/mol.